The molecule has 0 aromatic heterocycles. The summed E-state index contributed by atoms with van der Waals surface area (Å²) in [4.78, 5) is 24.8. The van der Waals surface area contributed by atoms with Crippen molar-refractivity contribution < 1.29 is 24.2 Å². The number of nitrogens with one attached hydrogen (secondary N) is 1. The van der Waals surface area contributed by atoms with Gasteiger partial charge in [0.15, 0.2) is 0 Å². The first kappa shape index (κ1) is 15.7. The van der Waals surface area contributed by atoms with Crippen LogP contribution in [0.4, 0.5) is 4.79 Å². The fraction of sp³-hybridized carbons (Fsp3) is 0.833. The number of rotatable bonds is 6. The molecule has 0 atom stereocenters. The van der Waals surface area contributed by atoms with Crippen molar-refractivity contribution in [1.29, 1.82) is 0 Å². The number of amides is 2. The summed E-state index contributed by atoms with van der Waals surface area (Å²) in [5.74, 6) is -1.01. The fourth-order valence-electron chi connectivity index (χ4n) is 1.86. The van der Waals surface area contributed by atoms with Gasteiger partial charge < -0.3 is 24.8 Å². The predicted molar refractivity (Wildman–Crippen MR) is 68.1 cm³/mol. The molecule has 0 saturated carbocycles. The second-order valence-corrected chi connectivity index (χ2v) is 4.55. The number of hydrogen-bond donors (Lipinski definition) is 2. The van der Waals surface area contributed by atoms with Crippen LogP contribution in [0.15, 0.2) is 0 Å². The van der Waals surface area contributed by atoms with Crippen molar-refractivity contribution in [2.24, 2.45) is 0 Å². The molecule has 0 spiro atoms. The van der Waals surface area contributed by atoms with Gasteiger partial charge in [0.1, 0.15) is 5.54 Å². The standard InChI is InChI=1S/C12H22N2O5/c1-3-18-9-6-14(2)11(17)13-12(10(15)16)4-7-19-8-5-12/h3-9H2,1-2H3,(H,13,17)(H,15,16). The Balaban J connectivity index is 2.54. The maximum atomic E-state index is 12.0. The average molecular weight is 274 g/mol. The van der Waals surface area contributed by atoms with Gasteiger partial charge in [-0.05, 0) is 6.92 Å². The third-order valence-electron chi connectivity index (χ3n) is 3.22. The molecule has 110 valence electrons. The van der Waals surface area contributed by atoms with Crippen molar-refractivity contribution >= 4 is 12.0 Å². The van der Waals surface area contributed by atoms with Crippen molar-refractivity contribution in [3.8, 4) is 0 Å². The van der Waals surface area contributed by atoms with E-state index in [4.69, 9.17) is 9.47 Å². The summed E-state index contributed by atoms with van der Waals surface area (Å²) in [6.07, 6.45) is 0.570. The first-order valence-electron chi connectivity index (χ1n) is 6.44. The van der Waals surface area contributed by atoms with Gasteiger partial charge in [-0.3, -0.25) is 0 Å². The third-order valence-corrected chi connectivity index (χ3v) is 3.22. The van der Waals surface area contributed by atoms with Gasteiger partial charge in [-0.1, -0.05) is 0 Å². The van der Waals surface area contributed by atoms with Crippen LogP contribution < -0.4 is 5.32 Å². The molecule has 2 amide bonds. The Hall–Kier alpha value is -1.34. The van der Waals surface area contributed by atoms with Crippen molar-refractivity contribution in [3.63, 3.8) is 0 Å². The van der Waals surface area contributed by atoms with Crippen molar-refractivity contribution in [1.82, 2.24) is 10.2 Å². The van der Waals surface area contributed by atoms with E-state index in [2.05, 4.69) is 5.32 Å². The second-order valence-electron chi connectivity index (χ2n) is 4.55. The number of likely N-dealkylation sites (N-methyl/N-ethyl adjacent to an activating group) is 1. The van der Waals surface area contributed by atoms with Crippen molar-refractivity contribution in [3.05, 3.63) is 0 Å². The minimum Gasteiger partial charge on any atom is -0.480 e. The lowest BCUT2D eigenvalue weighted by Gasteiger charge is -2.35. The number of carbonyl (C=O) groups is 2. The first-order chi connectivity index (χ1) is 9.02. The molecule has 0 radical (unpaired) electrons. The largest absolute Gasteiger partial charge is 0.480 e. The molecule has 0 bridgehead atoms. The summed E-state index contributed by atoms with van der Waals surface area (Å²) >= 11 is 0. The lowest BCUT2D eigenvalue weighted by molar-refractivity contribution is -0.148. The number of hydrogen-bond acceptors (Lipinski definition) is 4. The van der Waals surface area contributed by atoms with E-state index in [9.17, 15) is 14.7 Å². The number of aliphatic carboxylic acids is 1. The highest BCUT2D eigenvalue weighted by molar-refractivity contribution is 5.86. The van der Waals surface area contributed by atoms with E-state index in [1.165, 1.54) is 4.90 Å². The number of ether oxygens (including phenoxy) is 2. The Labute approximate surface area is 112 Å². The lowest BCUT2D eigenvalue weighted by Crippen LogP contribution is -2.60. The molecule has 2 N–H and O–H groups in total. The lowest BCUT2D eigenvalue weighted by atomic mass is 9.90. The maximum absolute atomic E-state index is 12.0. The second kappa shape index (κ2) is 7.30. The van der Waals surface area contributed by atoms with Crippen LogP contribution in [-0.2, 0) is 14.3 Å². The van der Waals surface area contributed by atoms with E-state index >= 15 is 0 Å². The maximum Gasteiger partial charge on any atom is 0.329 e. The summed E-state index contributed by atoms with van der Waals surface area (Å²) in [5.41, 5.74) is -1.21. The number of urea groups is 1. The van der Waals surface area contributed by atoms with Crippen LogP contribution in [0.1, 0.15) is 19.8 Å². The number of nitrogens with zero attached hydrogens (tertiary/aromatic N) is 1. The minimum absolute atomic E-state index is 0.285. The fourth-order valence-corrected chi connectivity index (χ4v) is 1.86. The van der Waals surface area contributed by atoms with Gasteiger partial charge in [0.2, 0.25) is 0 Å². The monoisotopic (exact) mass is 274 g/mol. The molecule has 7 nitrogen and oxygen atoms in total. The molecule has 1 aliphatic heterocycles. The Morgan fingerprint density at radius 2 is 2.05 bits per heavy atom. The highest BCUT2D eigenvalue weighted by Crippen LogP contribution is 2.21. The molecule has 0 aromatic carbocycles. The summed E-state index contributed by atoms with van der Waals surface area (Å²) in [7, 11) is 1.61. The van der Waals surface area contributed by atoms with Crippen LogP contribution in [0, 0.1) is 0 Å². The highest BCUT2D eigenvalue weighted by atomic mass is 16.5. The average Bonchev–Trinajstić information content (AvgIpc) is 2.39. The van der Waals surface area contributed by atoms with Crippen LogP contribution in [0.2, 0.25) is 0 Å². The number of carboxylic acids is 1. The normalized spacial score (nSPS) is 17.8. The van der Waals surface area contributed by atoms with Crippen LogP contribution in [0.25, 0.3) is 0 Å². The van der Waals surface area contributed by atoms with E-state index in [0.29, 0.717) is 33.0 Å². The van der Waals surface area contributed by atoms with Gasteiger partial charge >= 0.3 is 12.0 Å². The Morgan fingerprint density at radius 1 is 1.42 bits per heavy atom. The van der Waals surface area contributed by atoms with Gasteiger partial charge in [0.05, 0.1) is 6.61 Å². The molecule has 0 aliphatic carbocycles. The molecule has 1 heterocycles. The summed E-state index contributed by atoms with van der Waals surface area (Å²) < 4.78 is 10.3. The molecule has 0 aromatic rings. The molecule has 0 unspecified atom stereocenters. The molecule has 1 aliphatic rings. The topological polar surface area (TPSA) is 88.1 Å². The molecule has 1 fully saturated rings. The number of carbonyl (C=O) groups excluding carboxylic acids is 1. The molecule has 19 heavy (non-hydrogen) atoms. The zero-order chi connectivity index (χ0) is 14.3. The van der Waals surface area contributed by atoms with Crippen LogP contribution in [-0.4, -0.2) is 67.6 Å². The van der Waals surface area contributed by atoms with E-state index in [1.54, 1.807) is 7.05 Å². The van der Waals surface area contributed by atoms with Gasteiger partial charge in [-0.2, -0.15) is 0 Å². The van der Waals surface area contributed by atoms with Crippen molar-refractivity contribution in [2.45, 2.75) is 25.3 Å². The van der Waals surface area contributed by atoms with Crippen molar-refractivity contribution in [2.75, 3.05) is 40.0 Å². The zero-order valence-corrected chi connectivity index (χ0v) is 11.5. The van der Waals surface area contributed by atoms with Gasteiger partial charge in [-0.25, -0.2) is 9.59 Å². The number of carboxylic acid groups (broad SMARTS) is 1. The molecule has 7 heteroatoms. The van der Waals surface area contributed by atoms with Gasteiger partial charge in [-0.15, -0.1) is 0 Å². The third kappa shape index (κ3) is 4.36. The van der Waals surface area contributed by atoms with Gasteiger partial charge in [0, 0.05) is 46.3 Å². The molecular formula is C12H22N2O5. The van der Waals surface area contributed by atoms with E-state index < -0.39 is 17.5 Å². The molecule has 1 rings (SSSR count). The smallest absolute Gasteiger partial charge is 0.329 e. The molecular weight excluding hydrogens is 252 g/mol. The highest BCUT2D eigenvalue weighted by Gasteiger charge is 2.42. The summed E-state index contributed by atoms with van der Waals surface area (Å²) in [5, 5.41) is 11.9. The molecule has 1 saturated heterocycles. The Bertz CT molecular complexity index is 315. The quantitative estimate of drug-likeness (QED) is 0.680. The SMILES string of the molecule is CCOCCN(C)C(=O)NC1(C(=O)O)CCOCC1. The van der Waals surface area contributed by atoms with Crippen LogP contribution in [0.3, 0.4) is 0 Å². The predicted octanol–water partition coefficient (Wildman–Crippen LogP) is 0.298. The van der Waals surface area contributed by atoms with E-state index in [0.717, 1.165) is 0 Å². The summed E-state index contributed by atoms with van der Waals surface area (Å²) in [6, 6.07) is -0.399. The van der Waals surface area contributed by atoms with Crippen LogP contribution in [0.5, 0.6) is 0 Å². The van der Waals surface area contributed by atoms with Gasteiger partial charge in [0.25, 0.3) is 0 Å². The zero-order valence-electron chi connectivity index (χ0n) is 11.5. The van der Waals surface area contributed by atoms with E-state index in [-0.39, 0.29) is 12.8 Å². The Kier molecular flexibility index (Phi) is 6.04. The summed E-state index contributed by atoms with van der Waals surface area (Å²) in [6.45, 7) is 4.01. The van der Waals surface area contributed by atoms with E-state index in [1.807, 2.05) is 6.92 Å². The minimum atomic E-state index is -1.21. The Morgan fingerprint density at radius 3 is 2.58 bits per heavy atom. The first-order valence-corrected chi connectivity index (χ1v) is 6.44. The van der Waals surface area contributed by atoms with Crippen LogP contribution >= 0.6 is 0 Å².